The zero-order valence-corrected chi connectivity index (χ0v) is 12.9. The number of carboxylic acids is 1. The predicted octanol–water partition coefficient (Wildman–Crippen LogP) is 1.39. The van der Waals surface area contributed by atoms with Crippen LogP contribution in [0.2, 0.25) is 0 Å². The summed E-state index contributed by atoms with van der Waals surface area (Å²) in [5.74, 6) is -3.12. The summed E-state index contributed by atoms with van der Waals surface area (Å²) in [6.07, 6.45) is 0. The fourth-order valence-corrected chi connectivity index (χ4v) is 1.75. The fourth-order valence-electron chi connectivity index (χ4n) is 1.75. The van der Waals surface area contributed by atoms with Gasteiger partial charge in [-0.2, -0.15) is 0 Å². The van der Waals surface area contributed by atoms with Gasteiger partial charge in [0, 0.05) is 12.5 Å². The van der Waals surface area contributed by atoms with Gasteiger partial charge in [0.2, 0.25) is 5.91 Å². The molecule has 2 unspecified atom stereocenters. The van der Waals surface area contributed by atoms with Crippen LogP contribution in [0.25, 0.3) is 0 Å². The molecule has 20 heavy (non-hydrogen) atoms. The van der Waals surface area contributed by atoms with Crippen LogP contribution in [0.5, 0.6) is 0 Å². The monoisotopic (exact) mass is 287 g/mol. The minimum Gasteiger partial charge on any atom is -0.481 e. The smallest absolute Gasteiger partial charge is 0.325 e. The number of rotatable bonds is 8. The largest absolute Gasteiger partial charge is 0.481 e. The summed E-state index contributed by atoms with van der Waals surface area (Å²) in [7, 11) is 0. The van der Waals surface area contributed by atoms with Gasteiger partial charge >= 0.3 is 11.9 Å². The van der Waals surface area contributed by atoms with Gasteiger partial charge in [-0.3, -0.25) is 14.4 Å². The number of aliphatic carboxylic acids is 1. The first kappa shape index (κ1) is 18.4. The molecule has 6 heteroatoms. The number of carboxylic acid groups (broad SMARTS) is 1. The molecule has 0 radical (unpaired) electrons. The van der Waals surface area contributed by atoms with E-state index in [0.29, 0.717) is 6.54 Å². The van der Waals surface area contributed by atoms with E-state index in [1.54, 1.807) is 13.8 Å². The first-order valence-corrected chi connectivity index (χ1v) is 6.87. The highest BCUT2D eigenvalue weighted by atomic mass is 16.5. The minimum atomic E-state index is -1.02. The third-order valence-corrected chi connectivity index (χ3v) is 3.05. The summed E-state index contributed by atoms with van der Waals surface area (Å²) in [5.41, 5.74) is 0. The Morgan fingerprint density at radius 1 is 1.10 bits per heavy atom. The zero-order chi connectivity index (χ0) is 15.9. The summed E-state index contributed by atoms with van der Waals surface area (Å²) in [6, 6.07) is 0. The molecule has 0 rings (SSSR count). The van der Waals surface area contributed by atoms with Crippen LogP contribution in [0.15, 0.2) is 0 Å². The van der Waals surface area contributed by atoms with E-state index in [1.807, 2.05) is 13.8 Å². The Morgan fingerprint density at radius 3 is 2.05 bits per heavy atom. The van der Waals surface area contributed by atoms with E-state index in [-0.39, 0.29) is 25.0 Å². The SMILES string of the molecule is CCOC(=O)CN(CC(C)C)C(=O)C(C)C(C)C(=O)O. The molecule has 0 saturated heterocycles. The van der Waals surface area contributed by atoms with Crippen molar-refractivity contribution in [1.82, 2.24) is 4.90 Å². The van der Waals surface area contributed by atoms with Gasteiger partial charge < -0.3 is 14.7 Å². The maximum Gasteiger partial charge on any atom is 0.325 e. The Bertz CT molecular complexity index is 353. The van der Waals surface area contributed by atoms with E-state index in [4.69, 9.17) is 9.84 Å². The van der Waals surface area contributed by atoms with Gasteiger partial charge in [0.15, 0.2) is 0 Å². The molecule has 6 nitrogen and oxygen atoms in total. The van der Waals surface area contributed by atoms with Crippen LogP contribution in [0, 0.1) is 17.8 Å². The van der Waals surface area contributed by atoms with Crippen molar-refractivity contribution in [3.8, 4) is 0 Å². The van der Waals surface area contributed by atoms with Crippen LogP contribution in [-0.4, -0.2) is 47.5 Å². The van der Waals surface area contributed by atoms with Crippen molar-refractivity contribution in [3.05, 3.63) is 0 Å². The molecule has 2 atom stereocenters. The third kappa shape index (κ3) is 6.04. The second-order valence-corrected chi connectivity index (χ2v) is 5.33. The lowest BCUT2D eigenvalue weighted by molar-refractivity contribution is -0.153. The molecule has 0 saturated carbocycles. The van der Waals surface area contributed by atoms with Gasteiger partial charge in [-0.05, 0) is 12.8 Å². The number of nitrogens with zero attached hydrogens (tertiary/aromatic N) is 1. The zero-order valence-electron chi connectivity index (χ0n) is 12.9. The predicted molar refractivity (Wildman–Crippen MR) is 74.0 cm³/mol. The maximum absolute atomic E-state index is 12.3. The van der Waals surface area contributed by atoms with Crippen molar-refractivity contribution in [3.63, 3.8) is 0 Å². The van der Waals surface area contributed by atoms with Gasteiger partial charge in [0.25, 0.3) is 0 Å². The third-order valence-electron chi connectivity index (χ3n) is 3.05. The van der Waals surface area contributed by atoms with Crippen LogP contribution in [-0.2, 0) is 19.1 Å². The molecular formula is C14H25NO5. The van der Waals surface area contributed by atoms with Crippen LogP contribution >= 0.6 is 0 Å². The Morgan fingerprint density at radius 2 is 1.65 bits per heavy atom. The van der Waals surface area contributed by atoms with Crippen molar-refractivity contribution in [2.75, 3.05) is 19.7 Å². The lowest BCUT2D eigenvalue weighted by Crippen LogP contribution is -2.44. The quantitative estimate of drug-likeness (QED) is 0.682. The highest BCUT2D eigenvalue weighted by Crippen LogP contribution is 2.15. The summed E-state index contributed by atoms with van der Waals surface area (Å²) in [4.78, 5) is 36.2. The van der Waals surface area contributed by atoms with Gasteiger partial charge in [-0.1, -0.05) is 27.7 Å². The molecule has 0 aliphatic rings. The Hall–Kier alpha value is -1.59. The molecule has 0 aromatic heterocycles. The average Bonchev–Trinajstić information content (AvgIpc) is 2.34. The minimum absolute atomic E-state index is 0.137. The molecule has 0 bridgehead atoms. The standard InChI is InChI=1S/C14H25NO5/c1-6-20-12(16)8-15(7-9(2)3)13(17)10(4)11(5)14(18)19/h9-11H,6-8H2,1-5H3,(H,18,19). The first-order valence-electron chi connectivity index (χ1n) is 6.87. The van der Waals surface area contributed by atoms with E-state index in [0.717, 1.165) is 0 Å². The topological polar surface area (TPSA) is 83.9 Å². The van der Waals surface area contributed by atoms with Crippen molar-refractivity contribution in [2.45, 2.75) is 34.6 Å². The van der Waals surface area contributed by atoms with E-state index in [2.05, 4.69) is 0 Å². The van der Waals surface area contributed by atoms with Gasteiger partial charge in [-0.15, -0.1) is 0 Å². The molecule has 0 spiro atoms. The molecule has 116 valence electrons. The molecule has 1 amide bonds. The summed E-state index contributed by atoms with van der Waals surface area (Å²) in [6.45, 7) is 9.12. The Labute approximate surface area is 120 Å². The van der Waals surface area contributed by atoms with Crippen molar-refractivity contribution in [1.29, 1.82) is 0 Å². The van der Waals surface area contributed by atoms with E-state index < -0.39 is 23.8 Å². The van der Waals surface area contributed by atoms with Crippen LogP contribution in [0.3, 0.4) is 0 Å². The molecule has 0 heterocycles. The van der Waals surface area contributed by atoms with Crippen LogP contribution in [0.4, 0.5) is 0 Å². The average molecular weight is 287 g/mol. The van der Waals surface area contributed by atoms with E-state index in [9.17, 15) is 14.4 Å². The number of carbonyl (C=O) groups excluding carboxylic acids is 2. The Balaban J connectivity index is 4.88. The summed E-state index contributed by atoms with van der Waals surface area (Å²) < 4.78 is 4.84. The molecule has 1 N–H and O–H groups in total. The number of amides is 1. The molecular weight excluding hydrogens is 262 g/mol. The first-order chi connectivity index (χ1) is 9.20. The molecule has 0 aromatic rings. The Kier molecular flexibility index (Phi) is 7.87. The van der Waals surface area contributed by atoms with Crippen molar-refractivity contribution >= 4 is 17.8 Å². The van der Waals surface area contributed by atoms with Gasteiger partial charge in [0.05, 0.1) is 12.5 Å². The second-order valence-electron chi connectivity index (χ2n) is 5.33. The van der Waals surface area contributed by atoms with Crippen molar-refractivity contribution in [2.24, 2.45) is 17.8 Å². The highest BCUT2D eigenvalue weighted by molar-refractivity contribution is 5.87. The lowest BCUT2D eigenvalue weighted by atomic mass is 9.94. The molecule has 0 aliphatic heterocycles. The number of carbonyl (C=O) groups is 3. The second kappa shape index (κ2) is 8.55. The number of hydrogen-bond acceptors (Lipinski definition) is 4. The highest BCUT2D eigenvalue weighted by Gasteiger charge is 2.30. The number of ether oxygens (including phenoxy) is 1. The number of esters is 1. The molecule has 0 fully saturated rings. The van der Waals surface area contributed by atoms with Crippen molar-refractivity contribution < 1.29 is 24.2 Å². The van der Waals surface area contributed by atoms with E-state index in [1.165, 1.54) is 11.8 Å². The normalized spacial score (nSPS) is 13.7. The van der Waals surface area contributed by atoms with Gasteiger partial charge in [0.1, 0.15) is 6.54 Å². The summed E-state index contributed by atoms with van der Waals surface area (Å²) >= 11 is 0. The summed E-state index contributed by atoms with van der Waals surface area (Å²) in [5, 5.41) is 8.97. The van der Waals surface area contributed by atoms with Gasteiger partial charge in [-0.25, -0.2) is 0 Å². The lowest BCUT2D eigenvalue weighted by Gasteiger charge is -2.27. The number of hydrogen-bond donors (Lipinski definition) is 1. The van der Waals surface area contributed by atoms with Crippen LogP contribution in [0.1, 0.15) is 34.6 Å². The molecule has 0 aliphatic carbocycles. The fraction of sp³-hybridized carbons (Fsp3) is 0.786. The van der Waals surface area contributed by atoms with Crippen LogP contribution < -0.4 is 0 Å². The molecule has 0 aromatic carbocycles. The maximum atomic E-state index is 12.3. The van der Waals surface area contributed by atoms with E-state index >= 15 is 0 Å².